The van der Waals surface area contributed by atoms with Crippen molar-refractivity contribution in [2.24, 2.45) is 0 Å². The molecule has 0 atom stereocenters. The Morgan fingerprint density at radius 3 is 2.35 bits per heavy atom. The van der Waals surface area contributed by atoms with Gasteiger partial charge in [-0.3, -0.25) is 4.79 Å². The summed E-state index contributed by atoms with van der Waals surface area (Å²) in [5, 5.41) is 15.4. The molecule has 0 fully saturated rings. The molecule has 1 aromatic heterocycles. The Balaban J connectivity index is 1.37. The minimum absolute atomic E-state index is 0.0504. The minimum atomic E-state index is -1.46. The van der Waals surface area contributed by atoms with Crippen LogP contribution in [0, 0.1) is 5.82 Å². The zero-order valence-corrected chi connectivity index (χ0v) is 22.9. The normalized spacial score (nSPS) is 10.8. The highest BCUT2D eigenvalue weighted by molar-refractivity contribution is 7.13. The van der Waals surface area contributed by atoms with E-state index >= 15 is 0 Å². The predicted molar refractivity (Wildman–Crippen MR) is 155 cm³/mol. The first-order valence-electron chi connectivity index (χ1n) is 11.9. The number of ether oxygens (including phenoxy) is 1. The number of carboxylic acid groups (broad SMARTS) is 1. The zero-order valence-electron chi connectivity index (χ0n) is 20.5. The maximum Gasteiger partial charge on any atom is 0.511 e. The van der Waals surface area contributed by atoms with Gasteiger partial charge in [0.25, 0.3) is 5.91 Å². The highest BCUT2D eigenvalue weighted by Gasteiger charge is 2.16. The zero-order chi connectivity index (χ0) is 28.2. The van der Waals surface area contributed by atoms with Crippen molar-refractivity contribution >= 4 is 46.6 Å². The lowest BCUT2D eigenvalue weighted by molar-refractivity contribution is 0.0950. The van der Waals surface area contributed by atoms with Crippen LogP contribution in [-0.2, 0) is 6.54 Å². The molecule has 1 heterocycles. The minimum Gasteiger partial charge on any atom is -0.449 e. The van der Waals surface area contributed by atoms with E-state index in [0.29, 0.717) is 48.6 Å². The summed E-state index contributed by atoms with van der Waals surface area (Å²) in [6.45, 7) is 0.0504. The molecular weight excluding hydrogens is 574 g/mol. The molecule has 0 spiro atoms. The molecule has 5 rings (SSSR count). The molecule has 2 N–H and O–H groups in total. The van der Waals surface area contributed by atoms with Gasteiger partial charge in [-0.15, -0.1) is 11.3 Å². The Hall–Kier alpha value is -4.24. The smallest absolute Gasteiger partial charge is 0.449 e. The van der Waals surface area contributed by atoms with Crippen molar-refractivity contribution in [2.45, 2.75) is 6.54 Å². The number of thiazole rings is 1. The van der Waals surface area contributed by atoms with Crippen LogP contribution < -0.4 is 10.1 Å². The van der Waals surface area contributed by atoms with E-state index in [1.165, 1.54) is 17.4 Å². The van der Waals surface area contributed by atoms with Gasteiger partial charge >= 0.3 is 6.16 Å². The average Bonchev–Trinajstić information content (AvgIpc) is 3.44. The lowest BCUT2D eigenvalue weighted by atomic mass is 10.0. The maximum absolute atomic E-state index is 13.8. The summed E-state index contributed by atoms with van der Waals surface area (Å²) in [5.41, 5.74) is 4.08. The summed E-state index contributed by atoms with van der Waals surface area (Å²) in [4.78, 5) is 28.7. The van der Waals surface area contributed by atoms with Crippen molar-refractivity contribution in [2.75, 3.05) is 0 Å². The van der Waals surface area contributed by atoms with Gasteiger partial charge in [0.1, 0.15) is 16.6 Å². The number of hydrogen-bond acceptors (Lipinski definition) is 5. The first-order valence-corrected chi connectivity index (χ1v) is 13.5. The second-order valence-corrected chi connectivity index (χ2v) is 10.3. The van der Waals surface area contributed by atoms with Crippen LogP contribution in [0.15, 0.2) is 90.3 Å². The van der Waals surface area contributed by atoms with E-state index in [-0.39, 0.29) is 18.2 Å². The Bertz CT molecular complexity index is 1720. The molecule has 0 saturated heterocycles. The third-order valence-electron chi connectivity index (χ3n) is 6.00. The fraction of sp³-hybridized carbons (Fsp3) is 0.0333. The molecule has 4 aromatic carbocycles. The molecule has 1 amide bonds. The number of carbonyl (C=O) groups excluding carboxylic acids is 1. The van der Waals surface area contributed by atoms with Crippen LogP contribution >= 0.6 is 34.5 Å². The third-order valence-corrected chi connectivity index (χ3v) is 7.63. The Labute approximate surface area is 242 Å². The second kappa shape index (κ2) is 11.9. The van der Waals surface area contributed by atoms with Crippen LogP contribution in [0.4, 0.5) is 9.18 Å². The molecule has 0 aliphatic rings. The summed E-state index contributed by atoms with van der Waals surface area (Å²) in [7, 11) is 0. The number of carbonyl (C=O) groups is 2. The molecule has 0 aliphatic heterocycles. The van der Waals surface area contributed by atoms with E-state index in [0.717, 1.165) is 5.56 Å². The highest BCUT2D eigenvalue weighted by Crippen LogP contribution is 2.37. The van der Waals surface area contributed by atoms with E-state index in [1.54, 1.807) is 66.7 Å². The predicted octanol–water partition coefficient (Wildman–Crippen LogP) is 8.58. The molecule has 0 bridgehead atoms. The van der Waals surface area contributed by atoms with Crippen molar-refractivity contribution in [3.63, 3.8) is 0 Å². The Morgan fingerprint density at radius 1 is 0.900 bits per heavy atom. The summed E-state index contributed by atoms with van der Waals surface area (Å²) < 4.78 is 18.9. The number of nitrogens with zero attached hydrogens (tertiary/aromatic N) is 1. The van der Waals surface area contributed by atoms with Crippen LogP contribution in [0.3, 0.4) is 0 Å². The first-order chi connectivity index (χ1) is 19.3. The van der Waals surface area contributed by atoms with E-state index in [2.05, 4.69) is 10.3 Å². The van der Waals surface area contributed by atoms with E-state index in [9.17, 15) is 19.1 Å². The van der Waals surface area contributed by atoms with Crippen molar-refractivity contribution in [3.8, 4) is 38.7 Å². The van der Waals surface area contributed by atoms with Gasteiger partial charge in [-0.05, 0) is 48.0 Å². The molecule has 0 aliphatic carbocycles. The summed E-state index contributed by atoms with van der Waals surface area (Å²) in [5.74, 6) is -0.641. The molecule has 5 aromatic rings. The van der Waals surface area contributed by atoms with Crippen LogP contribution in [0.1, 0.15) is 15.9 Å². The summed E-state index contributed by atoms with van der Waals surface area (Å²) in [6, 6.07) is 23.2. The number of halogens is 3. The van der Waals surface area contributed by atoms with Crippen molar-refractivity contribution in [1.29, 1.82) is 0 Å². The average molecular weight is 593 g/mol. The lowest BCUT2D eigenvalue weighted by Gasteiger charge is -2.11. The van der Waals surface area contributed by atoms with Gasteiger partial charge < -0.3 is 15.2 Å². The SMILES string of the molecule is O=C(O)Oc1cc(-c2nc(-c3ccc(Cl)c(Cl)c3)cs2)ccc1-c1ccc(C(=O)NCc2ccccc2F)cc1. The summed E-state index contributed by atoms with van der Waals surface area (Å²) >= 11 is 13.5. The van der Waals surface area contributed by atoms with Gasteiger partial charge in [-0.1, -0.05) is 65.7 Å². The van der Waals surface area contributed by atoms with Crippen molar-refractivity contribution < 1.29 is 23.8 Å². The molecule has 10 heteroatoms. The van der Waals surface area contributed by atoms with Crippen LogP contribution in [0.2, 0.25) is 10.0 Å². The molecule has 40 heavy (non-hydrogen) atoms. The number of rotatable bonds is 7. The molecule has 0 radical (unpaired) electrons. The van der Waals surface area contributed by atoms with Crippen molar-refractivity contribution in [1.82, 2.24) is 10.3 Å². The van der Waals surface area contributed by atoms with Crippen LogP contribution in [0.25, 0.3) is 33.0 Å². The van der Waals surface area contributed by atoms with Gasteiger partial charge in [-0.25, -0.2) is 14.2 Å². The second-order valence-electron chi connectivity index (χ2n) is 8.60. The molecule has 200 valence electrons. The largest absolute Gasteiger partial charge is 0.511 e. The Morgan fingerprint density at radius 2 is 1.62 bits per heavy atom. The number of aromatic nitrogens is 1. The molecular formula is C30H19Cl2FN2O4S. The maximum atomic E-state index is 13.8. The fourth-order valence-corrected chi connectivity index (χ4v) is 5.11. The quantitative estimate of drug-likeness (QED) is 0.146. The number of nitrogens with one attached hydrogen (secondary N) is 1. The first kappa shape index (κ1) is 27.3. The number of hydrogen-bond donors (Lipinski definition) is 2. The lowest BCUT2D eigenvalue weighted by Crippen LogP contribution is -2.23. The van der Waals surface area contributed by atoms with Gasteiger partial charge in [0.05, 0.1) is 15.7 Å². The topological polar surface area (TPSA) is 88.5 Å². The molecule has 6 nitrogen and oxygen atoms in total. The van der Waals surface area contributed by atoms with E-state index in [4.69, 9.17) is 27.9 Å². The summed E-state index contributed by atoms with van der Waals surface area (Å²) in [6.07, 6.45) is -1.46. The fourth-order valence-electron chi connectivity index (χ4n) is 3.99. The number of amides is 1. The van der Waals surface area contributed by atoms with Gasteiger partial charge in [-0.2, -0.15) is 0 Å². The van der Waals surface area contributed by atoms with Gasteiger partial charge in [0, 0.05) is 39.7 Å². The van der Waals surface area contributed by atoms with Crippen LogP contribution in [0.5, 0.6) is 5.75 Å². The number of benzene rings is 4. The highest BCUT2D eigenvalue weighted by atomic mass is 35.5. The Kier molecular flexibility index (Phi) is 8.11. The molecule has 0 saturated carbocycles. The van der Waals surface area contributed by atoms with E-state index < -0.39 is 12.0 Å². The van der Waals surface area contributed by atoms with E-state index in [1.807, 2.05) is 17.5 Å². The van der Waals surface area contributed by atoms with Gasteiger partial charge in [0.2, 0.25) is 0 Å². The van der Waals surface area contributed by atoms with Crippen molar-refractivity contribution in [3.05, 3.63) is 117 Å². The third kappa shape index (κ3) is 6.15. The van der Waals surface area contributed by atoms with Crippen LogP contribution in [-0.4, -0.2) is 22.2 Å². The van der Waals surface area contributed by atoms with Gasteiger partial charge in [0.15, 0.2) is 0 Å². The molecule has 0 unspecified atom stereocenters. The monoisotopic (exact) mass is 592 g/mol. The standard InChI is InChI=1S/C30H19Cl2FN2O4S/c31-23-12-10-19(13-24(23)32)26-16-40-29(35-26)20-9-11-22(27(14-20)39-30(37)38)17-5-7-18(8-6-17)28(36)34-15-21-3-1-2-4-25(21)33/h1-14,16H,15H2,(H,34,36)(H,37,38).